The van der Waals surface area contributed by atoms with E-state index < -0.39 is 17.9 Å². The van der Waals surface area contributed by atoms with Crippen molar-refractivity contribution in [1.29, 1.82) is 0 Å². The maximum Gasteiger partial charge on any atom is 0.387 e. The summed E-state index contributed by atoms with van der Waals surface area (Å²) in [4.78, 5) is 11.6. The van der Waals surface area contributed by atoms with E-state index in [0.717, 1.165) is 0 Å². The first kappa shape index (κ1) is 15.5. The fraction of sp³-hybridized carbons (Fsp3) is 0.417. The third-order valence-corrected chi connectivity index (χ3v) is 2.73. The Balaban J connectivity index is 2.99. The molecule has 4 nitrogen and oxygen atoms in total. The molecule has 1 aromatic carbocycles. The highest BCUT2D eigenvalue weighted by atomic mass is 35.5. The van der Waals surface area contributed by atoms with E-state index in [-0.39, 0.29) is 11.5 Å². The molecule has 0 fully saturated rings. The van der Waals surface area contributed by atoms with E-state index in [1.807, 2.05) is 0 Å². The standard InChI is InChI=1S/C12H14ClF2NO3/c1-3-16-11(17)10(13)7-4-5-8(18-2)9(6-7)19-12(14)15/h4-6,10,12H,3H2,1-2H3,(H,16,17). The highest BCUT2D eigenvalue weighted by molar-refractivity contribution is 6.30. The lowest BCUT2D eigenvalue weighted by Gasteiger charge is -2.14. The molecule has 19 heavy (non-hydrogen) atoms. The van der Waals surface area contributed by atoms with E-state index in [0.29, 0.717) is 12.1 Å². The SMILES string of the molecule is CCNC(=O)C(Cl)c1ccc(OC)c(OC(F)F)c1. The summed E-state index contributed by atoms with van der Waals surface area (Å²) in [5, 5.41) is 1.56. The van der Waals surface area contributed by atoms with Gasteiger partial charge in [-0.25, -0.2) is 0 Å². The van der Waals surface area contributed by atoms with Gasteiger partial charge >= 0.3 is 6.61 Å². The van der Waals surface area contributed by atoms with Crippen LogP contribution in [0.15, 0.2) is 18.2 Å². The minimum absolute atomic E-state index is 0.142. The first-order valence-electron chi connectivity index (χ1n) is 5.54. The van der Waals surface area contributed by atoms with Crippen LogP contribution in [-0.4, -0.2) is 26.2 Å². The van der Waals surface area contributed by atoms with Crippen LogP contribution in [0.25, 0.3) is 0 Å². The third kappa shape index (κ3) is 4.24. The van der Waals surface area contributed by atoms with Crippen molar-refractivity contribution < 1.29 is 23.0 Å². The fourth-order valence-corrected chi connectivity index (χ4v) is 1.67. The number of nitrogens with one attached hydrogen (secondary N) is 1. The van der Waals surface area contributed by atoms with Crippen molar-refractivity contribution in [3.8, 4) is 11.5 Å². The Labute approximate surface area is 114 Å². The smallest absolute Gasteiger partial charge is 0.387 e. The summed E-state index contributed by atoms with van der Waals surface area (Å²) < 4.78 is 33.7. The molecule has 0 radical (unpaired) electrons. The van der Waals surface area contributed by atoms with Gasteiger partial charge in [-0.05, 0) is 24.6 Å². The molecular weight excluding hydrogens is 280 g/mol. The number of benzene rings is 1. The van der Waals surface area contributed by atoms with Gasteiger partial charge in [0.1, 0.15) is 5.38 Å². The lowest BCUT2D eigenvalue weighted by Crippen LogP contribution is -2.26. The van der Waals surface area contributed by atoms with Crippen LogP contribution in [-0.2, 0) is 4.79 Å². The van der Waals surface area contributed by atoms with Gasteiger partial charge in [-0.15, -0.1) is 11.6 Å². The number of carbonyl (C=O) groups excluding carboxylic acids is 1. The minimum Gasteiger partial charge on any atom is -0.493 e. The summed E-state index contributed by atoms with van der Waals surface area (Å²) in [7, 11) is 1.33. The van der Waals surface area contributed by atoms with Crippen LogP contribution in [0.1, 0.15) is 17.9 Å². The number of ether oxygens (including phenoxy) is 2. The first-order valence-corrected chi connectivity index (χ1v) is 5.97. The second-order valence-corrected chi connectivity index (χ2v) is 3.98. The fourth-order valence-electron chi connectivity index (χ4n) is 1.45. The average Bonchev–Trinajstić information content (AvgIpc) is 2.37. The minimum atomic E-state index is -2.98. The Hall–Kier alpha value is -1.56. The second-order valence-electron chi connectivity index (χ2n) is 3.55. The van der Waals surface area contributed by atoms with E-state index in [2.05, 4.69) is 10.1 Å². The molecule has 7 heteroatoms. The molecule has 0 aromatic heterocycles. The number of hydrogen-bond donors (Lipinski definition) is 1. The van der Waals surface area contributed by atoms with Crippen molar-refractivity contribution >= 4 is 17.5 Å². The van der Waals surface area contributed by atoms with Crippen molar-refractivity contribution in [2.75, 3.05) is 13.7 Å². The van der Waals surface area contributed by atoms with E-state index in [1.165, 1.54) is 25.3 Å². The molecule has 1 unspecified atom stereocenters. The normalized spacial score (nSPS) is 12.1. The zero-order valence-corrected chi connectivity index (χ0v) is 11.2. The monoisotopic (exact) mass is 293 g/mol. The number of rotatable bonds is 6. The number of alkyl halides is 3. The largest absolute Gasteiger partial charge is 0.493 e. The van der Waals surface area contributed by atoms with Gasteiger partial charge in [0.15, 0.2) is 11.5 Å². The van der Waals surface area contributed by atoms with E-state index >= 15 is 0 Å². The lowest BCUT2D eigenvalue weighted by atomic mass is 10.1. The van der Waals surface area contributed by atoms with Crippen LogP contribution >= 0.6 is 11.6 Å². The van der Waals surface area contributed by atoms with Crippen molar-refractivity contribution in [3.05, 3.63) is 23.8 Å². The quantitative estimate of drug-likeness (QED) is 0.820. The molecule has 0 aliphatic heterocycles. The molecule has 0 saturated heterocycles. The summed E-state index contributed by atoms with van der Waals surface area (Å²) >= 11 is 5.94. The Kier molecular flexibility index (Phi) is 5.82. The number of carbonyl (C=O) groups is 1. The van der Waals surface area contributed by atoms with Crippen LogP contribution < -0.4 is 14.8 Å². The maximum absolute atomic E-state index is 12.3. The number of likely N-dealkylation sites (N-methyl/N-ethyl adjacent to an activating group) is 1. The number of amides is 1. The predicted molar refractivity (Wildman–Crippen MR) is 66.9 cm³/mol. The number of hydrogen-bond acceptors (Lipinski definition) is 3. The molecule has 1 N–H and O–H groups in total. The molecule has 0 spiro atoms. The zero-order chi connectivity index (χ0) is 14.4. The highest BCUT2D eigenvalue weighted by Crippen LogP contribution is 2.33. The van der Waals surface area contributed by atoms with Gasteiger partial charge in [-0.3, -0.25) is 4.79 Å². The molecule has 1 rings (SSSR count). The number of methoxy groups -OCH3 is 1. The topological polar surface area (TPSA) is 47.6 Å². The summed E-state index contributed by atoms with van der Waals surface area (Å²) in [5.41, 5.74) is 0.351. The Morgan fingerprint density at radius 2 is 2.11 bits per heavy atom. The van der Waals surface area contributed by atoms with Gasteiger partial charge < -0.3 is 14.8 Å². The van der Waals surface area contributed by atoms with E-state index in [4.69, 9.17) is 16.3 Å². The zero-order valence-electron chi connectivity index (χ0n) is 10.5. The highest BCUT2D eigenvalue weighted by Gasteiger charge is 2.20. The van der Waals surface area contributed by atoms with Crippen molar-refractivity contribution in [2.24, 2.45) is 0 Å². The molecular formula is C12H14ClF2NO3. The summed E-state index contributed by atoms with van der Waals surface area (Å²) in [5.74, 6) is -0.425. The Bertz CT molecular complexity index is 443. The second kappa shape index (κ2) is 7.13. The molecule has 1 amide bonds. The van der Waals surface area contributed by atoms with Gasteiger partial charge in [0.25, 0.3) is 0 Å². The van der Waals surface area contributed by atoms with E-state index in [1.54, 1.807) is 6.92 Å². The molecule has 0 aliphatic rings. The molecule has 0 bridgehead atoms. The average molecular weight is 294 g/mol. The van der Waals surface area contributed by atoms with Crippen LogP contribution in [0.3, 0.4) is 0 Å². The third-order valence-electron chi connectivity index (χ3n) is 2.28. The molecule has 1 aromatic rings. The van der Waals surface area contributed by atoms with Crippen molar-refractivity contribution in [1.82, 2.24) is 5.32 Å². The van der Waals surface area contributed by atoms with Crippen LogP contribution in [0.2, 0.25) is 0 Å². The number of halogens is 3. The van der Waals surface area contributed by atoms with Gasteiger partial charge in [0.05, 0.1) is 7.11 Å². The van der Waals surface area contributed by atoms with Crippen molar-refractivity contribution in [3.63, 3.8) is 0 Å². The maximum atomic E-state index is 12.3. The predicted octanol–water partition coefficient (Wildman–Crippen LogP) is 2.71. The van der Waals surface area contributed by atoms with Crippen LogP contribution in [0, 0.1) is 0 Å². The van der Waals surface area contributed by atoms with Crippen molar-refractivity contribution in [2.45, 2.75) is 18.9 Å². The molecule has 0 saturated carbocycles. The first-order chi connectivity index (χ1) is 8.99. The van der Waals surface area contributed by atoms with Crippen LogP contribution in [0.5, 0.6) is 11.5 Å². The Morgan fingerprint density at radius 3 is 2.63 bits per heavy atom. The summed E-state index contributed by atoms with van der Waals surface area (Å²) in [6, 6.07) is 4.20. The van der Waals surface area contributed by atoms with Gasteiger partial charge in [-0.2, -0.15) is 8.78 Å². The lowest BCUT2D eigenvalue weighted by molar-refractivity contribution is -0.120. The molecule has 1 atom stereocenters. The summed E-state index contributed by atoms with van der Waals surface area (Å²) in [6.07, 6.45) is 0. The van der Waals surface area contributed by atoms with Gasteiger partial charge in [0, 0.05) is 6.54 Å². The molecule has 106 valence electrons. The van der Waals surface area contributed by atoms with Crippen LogP contribution in [0.4, 0.5) is 8.78 Å². The molecule has 0 aliphatic carbocycles. The van der Waals surface area contributed by atoms with Gasteiger partial charge in [0.2, 0.25) is 5.91 Å². The summed E-state index contributed by atoms with van der Waals surface area (Å²) in [6.45, 7) is -0.804. The van der Waals surface area contributed by atoms with Gasteiger partial charge in [-0.1, -0.05) is 6.07 Å². The van der Waals surface area contributed by atoms with E-state index in [9.17, 15) is 13.6 Å². The molecule has 0 heterocycles. The Morgan fingerprint density at radius 1 is 1.42 bits per heavy atom.